The van der Waals surface area contributed by atoms with Gasteiger partial charge in [0, 0.05) is 0 Å². The van der Waals surface area contributed by atoms with Crippen LogP contribution < -0.4 is 0 Å². The van der Waals surface area contributed by atoms with Crippen LogP contribution in [0.25, 0.3) is 0 Å². The quantitative estimate of drug-likeness (QED) is 0.650. The number of rotatable bonds is 2. The van der Waals surface area contributed by atoms with Gasteiger partial charge < -0.3 is 23.4 Å². The smallest absolute Gasteiger partial charge is 0.870 e. The van der Waals surface area contributed by atoms with Crippen molar-refractivity contribution < 1.29 is 42.6 Å². The van der Waals surface area contributed by atoms with Crippen LogP contribution in [-0.4, -0.2) is 16.4 Å². The molecule has 0 heterocycles. The second-order valence-corrected chi connectivity index (χ2v) is 1.21. The third-order valence-corrected chi connectivity index (χ3v) is 0.604. The zero-order chi connectivity index (χ0) is 4.12. The molecule has 3 nitrogen and oxygen atoms in total. The Bertz CT molecular complexity index is 19.7. The third kappa shape index (κ3) is 52.5. The molecule has 0 saturated heterocycles. The maximum atomic E-state index is 3.68. The minimum Gasteiger partial charge on any atom is -0.870 e. The van der Waals surface area contributed by atoms with Crippen LogP contribution in [0.5, 0.6) is 0 Å². The molecule has 3 N–H and O–H groups in total. The fourth-order valence-electron chi connectivity index (χ4n) is 0.250. The summed E-state index contributed by atoms with van der Waals surface area (Å²) in [7, 11) is 0. The van der Waals surface area contributed by atoms with E-state index in [1.54, 1.807) is 0 Å². The molecule has 4 heteroatoms. The Hall–Kier alpha value is 0.763. The van der Waals surface area contributed by atoms with Crippen molar-refractivity contribution in [2.45, 2.75) is 26.2 Å². The van der Waals surface area contributed by atoms with Gasteiger partial charge in [-0.3, -0.25) is 0 Å². The summed E-state index contributed by atoms with van der Waals surface area (Å²) in [6.07, 6.45) is 3.65. The summed E-state index contributed by atoms with van der Waals surface area (Å²) in [6.45, 7) is 5.85. The average Bonchev–Trinajstić information content (AvgIpc) is 1.41. The predicted molar refractivity (Wildman–Crippen MR) is 30.7 cm³/mol. The Kier molecular flexibility index (Phi) is 137. The van der Waals surface area contributed by atoms with Crippen LogP contribution in [0.2, 0.25) is 0 Å². The molecule has 0 atom stereocenters. The van der Waals surface area contributed by atoms with Crippen molar-refractivity contribution in [3.05, 3.63) is 6.92 Å². The van der Waals surface area contributed by atoms with E-state index in [2.05, 4.69) is 13.8 Å². The number of hydrogen-bond acceptors (Lipinski definition) is 3. The molecule has 0 unspecified atom stereocenters. The monoisotopic (exact) mass is 212 g/mol. The van der Waals surface area contributed by atoms with Gasteiger partial charge in [0.1, 0.15) is 0 Å². The molecule has 0 aliphatic carbocycles. The maximum absolute atomic E-state index is 3.68. The molecule has 0 amide bonds. The molecular formula is C5H14O3Zr. The SMILES string of the molecule is [CH2-]CCCC.[OH-].[OH-].[OH-].[Zr+4]. The maximum Gasteiger partial charge on any atom is 4.00 e. The van der Waals surface area contributed by atoms with Crippen molar-refractivity contribution in [3.8, 4) is 0 Å². The molecule has 0 radical (unpaired) electrons. The molecule has 9 heavy (non-hydrogen) atoms. The number of unbranched alkanes of at least 4 members (excludes halogenated alkanes) is 2. The minimum absolute atomic E-state index is 0. The summed E-state index contributed by atoms with van der Waals surface area (Å²) in [5, 5.41) is 0. The summed E-state index contributed by atoms with van der Waals surface area (Å²) in [5.41, 5.74) is 0. The summed E-state index contributed by atoms with van der Waals surface area (Å²) in [4.78, 5) is 0. The average molecular weight is 213 g/mol. The van der Waals surface area contributed by atoms with Crippen molar-refractivity contribution in [1.82, 2.24) is 0 Å². The van der Waals surface area contributed by atoms with Crippen LogP contribution in [0, 0.1) is 6.92 Å². The van der Waals surface area contributed by atoms with E-state index in [1.807, 2.05) is 0 Å². The molecule has 0 saturated carbocycles. The van der Waals surface area contributed by atoms with Gasteiger partial charge in [-0.2, -0.15) is 6.42 Å². The van der Waals surface area contributed by atoms with E-state index in [9.17, 15) is 0 Å². The summed E-state index contributed by atoms with van der Waals surface area (Å²) >= 11 is 0. The Morgan fingerprint density at radius 2 is 1.44 bits per heavy atom. The van der Waals surface area contributed by atoms with Crippen LogP contribution in [-0.2, 0) is 26.2 Å². The fourth-order valence-corrected chi connectivity index (χ4v) is 0.250. The fraction of sp³-hybridized carbons (Fsp3) is 0.800. The molecule has 0 rings (SSSR count). The third-order valence-electron chi connectivity index (χ3n) is 0.604. The van der Waals surface area contributed by atoms with Gasteiger partial charge in [0.2, 0.25) is 0 Å². The normalized spacial score (nSPS) is 4.67. The van der Waals surface area contributed by atoms with Gasteiger partial charge >= 0.3 is 26.2 Å². The van der Waals surface area contributed by atoms with Crippen LogP contribution in [0.4, 0.5) is 0 Å². The molecule has 0 aliphatic rings. The van der Waals surface area contributed by atoms with Crippen LogP contribution in [0.1, 0.15) is 26.2 Å². The van der Waals surface area contributed by atoms with Gasteiger partial charge in [-0.1, -0.05) is 19.8 Å². The Morgan fingerprint density at radius 1 is 1.11 bits per heavy atom. The largest absolute Gasteiger partial charge is 4.00 e. The van der Waals surface area contributed by atoms with Crippen LogP contribution in [0.3, 0.4) is 0 Å². The van der Waals surface area contributed by atoms with E-state index >= 15 is 0 Å². The zero-order valence-corrected chi connectivity index (χ0v) is 8.13. The first-order valence-corrected chi connectivity index (χ1v) is 2.21. The number of hydrogen-bond donors (Lipinski definition) is 0. The molecule has 0 fully saturated rings. The second kappa shape index (κ2) is 37.3. The summed E-state index contributed by atoms with van der Waals surface area (Å²) in [6, 6.07) is 0. The Balaban J connectivity index is -0.0000000133. The molecule has 0 spiro atoms. The topological polar surface area (TPSA) is 90.0 Å². The van der Waals surface area contributed by atoms with E-state index < -0.39 is 0 Å². The molecule has 0 aromatic heterocycles. The molecular weight excluding hydrogens is 199 g/mol. The first-order valence-electron chi connectivity index (χ1n) is 2.21. The van der Waals surface area contributed by atoms with Gasteiger partial charge in [-0.25, -0.2) is 0 Å². The van der Waals surface area contributed by atoms with E-state index in [4.69, 9.17) is 0 Å². The van der Waals surface area contributed by atoms with Gasteiger partial charge in [-0.05, 0) is 0 Å². The van der Waals surface area contributed by atoms with Gasteiger partial charge in [0.05, 0.1) is 0 Å². The van der Waals surface area contributed by atoms with Crippen LogP contribution in [0.15, 0.2) is 0 Å². The van der Waals surface area contributed by atoms with Gasteiger partial charge in [-0.15, -0.1) is 0 Å². The van der Waals surface area contributed by atoms with Crippen molar-refractivity contribution in [2.75, 3.05) is 0 Å². The van der Waals surface area contributed by atoms with Crippen molar-refractivity contribution in [1.29, 1.82) is 0 Å². The molecule has 56 valence electrons. The summed E-state index contributed by atoms with van der Waals surface area (Å²) in [5.74, 6) is 0. The van der Waals surface area contributed by atoms with Gasteiger partial charge in [0.15, 0.2) is 0 Å². The second-order valence-electron chi connectivity index (χ2n) is 1.21. The Morgan fingerprint density at radius 3 is 1.44 bits per heavy atom. The molecule has 0 bridgehead atoms. The van der Waals surface area contributed by atoms with E-state index in [0.29, 0.717) is 0 Å². The Labute approximate surface area is 75.9 Å². The van der Waals surface area contributed by atoms with E-state index in [0.717, 1.165) is 6.42 Å². The first-order chi connectivity index (χ1) is 2.41. The summed E-state index contributed by atoms with van der Waals surface area (Å²) < 4.78 is 0. The zero-order valence-electron chi connectivity index (χ0n) is 5.67. The molecule has 0 aromatic carbocycles. The van der Waals surface area contributed by atoms with Crippen molar-refractivity contribution >= 4 is 0 Å². The van der Waals surface area contributed by atoms with Crippen LogP contribution >= 0.6 is 0 Å². The molecule has 0 aromatic rings. The van der Waals surface area contributed by atoms with E-state index in [-0.39, 0.29) is 42.6 Å². The first kappa shape index (κ1) is 33.0. The standard InChI is InChI=1S/C5H11.3H2O.Zr/c1-3-5-4-2;;;;/h1,3-5H2,2H3;3*1H2;/q-1;;;;+4/p-3. The minimum atomic E-state index is 0. The molecule has 0 aliphatic heterocycles. The van der Waals surface area contributed by atoms with E-state index in [1.165, 1.54) is 12.8 Å². The predicted octanol–water partition coefficient (Wildman–Crippen LogP) is 1.48. The van der Waals surface area contributed by atoms with Crippen molar-refractivity contribution in [3.63, 3.8) is 0 Å². The van der Waals surface area contributed by atoms with Gasteiger partial charge in [0.25, 0.3) is 0 Å². The van der Waals surface area contributed by atoms with Crippen molar-refractivity contribution in [2.24, 2.45) is 0 Å².